The van der Waals surface area contributed by atoms with Gasteiger partial charge in [0.15, 0.2) is 5.15 Å². The van der Waals surface area contributed by atoms with Crippen molar-refractivity contribution in [3.8, 4) is 0 Å². The first-order valence-corrected chi connectivity index (χ1v) is 6.09. The maximum Gasteiger partial charge on any atom is 0.329 e. The molecule has 0 saturated heterocycles. The summed E-state index contributed by atoms with van der Waals surface area (Å²) in [6, 6.07) is 0. The first-order chi connectivity index (χ1) is 8.03. The molecule has 0 bridgehead atoms. The SMILES string of the molecule is O=c1[nH]c(Cl)c(F)c(=O)n1CC1(C2CC2)CC1. The quantitative estimate of drug-likeness (QED) is 0.836. The summed E-state index contributed by atoms with van der Waals surface area (Å²) < 4.78 is 14.3. The van der Waals surface area contributed by atoms with Crippen LogP contribution in [0, 0.1) is 17.2 Å². The van der Waals surface area contributed by atoms with E-state index in [0.29, 0.717) is 12.5 Å². The molecule has 92 valence electrons. The Morgan fingerprint density at radius 1 is 1.41 bits per heavy atom. The minimum absolute atomic E-state index is 0.0666. The molecule has 2 aliphatic carbocycles. The maximum atomic E-state index is 13.3. The van der Waals surface area contributed by atoms with E-state index in [4.69, 9.17) is 11.6 Å². The first-order valence-electron chi connectivity index (χ1n) is 5.72. The molecule has 0 atom stereocenters. The molecular weight excluding hydrogens is 247 g/mol. The van der Waals surface area contributed by atoms with E-state index in [1.807, 2.05) is 0 Å². The predicted molar refractivity (Wildman–Crippen MR) is 60.7 cm³/mol. The van der Waals surface area contributed by atoms with Crippen LogP contribution in [0.25, 0.3) is 0 Å². The van der Waals surface area contributed by atoms with Crippen molar-refractivity contribution < 1.29 is 4.39 Å². The molecule has 0 aromatic carbocycles. The van der Waals surface area contributed by atoms with Gasteiger partial charge in [-0.15, -0.1) is 0 Å². The average molecular weight is 259 g/mol. The van der Waals surface area contributed by atoms with Crippen LogP contribution in [0.1, 0.15) is 25.7 Å². The van der Waals surface area contributed by atoms with Crippen molar-refractivity contribution in [2.24, 2.45) is 11.3 Å². The number of hydrogen-bond donors (Lipinski definition) is 1. The van der Waals surface area contributed by atoms with Crippen molar-refractivity contribution in [1.82, 2.24) is 9.55 Å². The van der Waals surface area contributed by atoms with Gasteiger partial charge in [-0.1, -0.05) is 11.6 Å². The Bertz CT molecular complexity index is 584. The minimum atomic E-state index is -1.07. The van der Waals surface area contributed by atoms with Crippen molar-refractivity contribution in [3.63, 3.8) is 0 Å². The third-order valence-electron chi connectivity index (χ3n) is 3.90. The van der Waals surface area contributed by atoms with Crippen LogP contribution in [-0.4, -0.2) is 9.55 Å². The summed E-state index contributed by atoms with van der Waals surface area (Å²) in [7, 11) is 0. The largest absolute Gasteiger partial charge is 0.329 e. The van der Waals surface area contributed by atoms with Gasteiger partial charge in [0.2, 0.25) is 5.82 Å². The van der Waals surface area contributed by atoms with Crippen LogP contribution in [0.2, 0.25) is 5.15 Å². The lowest BCUT2D eigenvalue weighted by atomic mass is 10.0. The molecule has 0 unspecified atom stereocenters. The third kappa shape index (κ3) is 1.73. The smallest absolute Gasteiger partial charge is 0.295 e. The van der Waals surface area contributed by atoms with E-state index >= 15 is 0 Å². The predicted octanol–water partition coefficient (Wildman–Crippen LogP) is 1.52. The van der Waals surface area contributed by atoms with E-state index in [0.717, 1.165) is 30.3 Å². The van der Waals surface area contributed by atoms with E-state index in [-0.39, 0.29) is 5.41 Å². The Morgan fingerprint density at radius 3 is 2.59 bits per heavy atom. The zero-order chi connectivity index (χ0) is 12.2. The van der Waals surface area contributed by atoms with Crippen molar-refractivity contribution in [1.29, 1.82) is 0 Å². The normalized spacial score (nSPS) is 21.5. The van der Waals surface area contributed by atoms with Crippen LogP contribution in [0.3, 0.4) is 0 Å². The standard InChI is InChI=1S/C11H12ClFN2O2/c12-8-7(13)9(16)15(10(17)14-8)5-11(3-4-11)6-1-2-6/h6H,1-5H2,(H,14,17). The molecule has 4 nitrogen and oxygen atoms in total. The van der Waals surface area contributed by atoms with E-state index in [2.05, 4.69) is 4.98 Å². The van der Waals surface area contributed by atoms with E-state index in [1.165, 1.54) is 0 Å². The van der Waals surface area contributed by atoms with Gasteiger partial charge in [0.05, 0.1) is 0 Å². The molecule has 17 heavy (non-hydrogen) atoms. The van der Waals surface area contributed by atoms with Gasteiger partial charge in [0.1, 0.15) is 0 Å². The summed E-state index contributed by atoms with van der Waals surface area (Å²) >= 11 is 5.41. The molecule has 0 aliphatic heterocycles. The van der Waals surface area contributed by atoms with Crippen LogP contribution in [0.15, 0.2) is 9.59 Å². The molecular formula is C11H12ClFN2O2. The van der Waals surface area contributed by atoms with Crippen LogP contribution in [0.5, 0.6) is 0 Å². The molecule has 1 aromatic rings. The van der Waals surface area contributed by atoms with Crippen molar-refractivity contribution in [3.05, 3.63) is 31.8 Å². The van der Waals surface area contributed by atoms with Gasteiger partial charge in [-0.2, -0.15) is 4.39 Å². The number of aromatic amines is 1. The zero-order valence-corrected chi connectivity index (χ0v) is 9.89. The van der Waals surface area contributed by atoms with Gasteiger partial charge in [0.25, 0.3) is 5.56 Å². The van der Waals surface area contributed by atoms with Gasteiger partial charge >= 0.3 is 5.69 Å². The monoisotopic (exact) mass is 258 g/mol. The lowest BCUT2D eigenvalue weighted by Gasteiger charge is -2.14. The average Bonchev–Trinajstić information content (AvgIpc) is 3.13. The highest BCUT2D eigenvalue weighted by Crippen LogP contribution is 2.61. The van der Waals surface area contributed by atoms with Crippen LogP contribution >= 0.6 is 11.6 Å². The number of hydrogen-bond acceptors (Lipinski definition) is 2. The van der Waals surface area contributed by atoms with Crippen LogP contribution in [0.4, 0.5) is 4.39 Å². The lowest BCUT2D eigenvalue weighted by molar-refractivity contribution is 0.350. The van der Waals surface area contributed by atoms with Gasteiger partial charge in [-0.25, -0.2) is 4.79 Å². The maximum absolute atomic E-state index is 13.3. The van der Waals surface area contributed by atoms with Gasteiger partial charge in [0, 0.05) is 6.54 Å². The molecule has 2 fully saturated rings. The summed E-state index contributed by atoms with van der Waals surface area (Å²) in [4.78, 5) is 25.4. The zero-order valence-electron chi connectivity index (χ0n) is 9.13. The molecule has 6 heteroatoms. The van der Waals surface area contributed by atoms with Gasteiger partial charge in [-0.05, 0) is 37.0 Å². The van der Waals surface area contributed by atoms with Crippen molar-refractivity contribution >= 4 is 11.6 Å². The number of halogens is 2. The molecule has 1 aromatic heterocycles. The number of nitrogens with zero attached hydrogens (tertiary/aromatic N) is 1. The van der Waals surface area contributed by atoms with Crippen molar-refractivity contribution in [2.75, 3.05) is 0 Å². The Balaban J connectivity index is 2.01. The molecule has 0 radical (unpaired) electrons. The lowest BCUT2D eigenvalue weighted by Crippen LogP contribution is -2.39. The second kappa shape index (κ2) is 3.45. The number of nitrogens with one attached hydrogen (secondary N) is 1. The van der Waals surface area contributed by atoms with E-state index in [1.54, 1.807) is 0 Å². The topological polar surface area (TPSA) is 54.9 Å². The number of rotatable bonds is 3. The number of aromatic nitrogens is 2. The summed E-state index contributed by atoms with van der Waals surface area (Å²) in [5, 5.41) is -0.507. The number of H-pyrrole nitrogens is 1. The highest BCUT2D eigenvalue weighted by molar-refractivity contribution is 6.29. The molecule has 0 amide bonds. The Kier molecular flexibility index (Phi) is 2.23. The second-order valence-corrected chi connectivity index (χ2v) is 5.46. The Labute approximate surface area is 101 Å². The molecule has 2 aliphatic rings. The molecule has 0 spiro atoms. The van der Waals surface area contributed by atoms with Gasteiger partial charge in [-0.3, -0.25) is 14.3 Å². The minimum Gasteiger partial charge on any atom is -0.295 e. The summed E-state index contributed by atoms with van der Waals surface area (Å²) in [5.41, 5.74) is -1.46. The Hall–Kier alpha value is -1.10. The highest BCUT2D eigenvalue weighted by Gasteiger charge is 2.54. The van der Waals surface area contributed by atoms with Gasteiger partial charge < -0.3 is 0 Å². The third-order valence-corrected chi connectivity index (χ3v) is 4.16. The summed E-state index contributed by atoms with van der Waals surface area (Å²) in [5.74, 6) is -0.467. The van der Waals surface area contributed by atoms with E-state index in [9.17, 15) is 14.0 Å². The second-order valence-electron chi connectivity index (χ2n) is 5.09. The summed E-state index contributed by atoms with van der Waals surface area (Å²) in [6.07, 6.45) is 4.35. The molecule has 3 rings (SSSR count). The van der Waals surface area contributed by atoms with Crippen LogP contribution < -0.4 is 11.2 Å². The fourth-order valence-corrected chi connectivity index (χ4v) is 2.69. The van der Waals surface area contributed by atoms with Crippen molar-refractivity contribution in [2.45, 2.75) is 32.2 Å². The first kappa shape index (κ1) is 11.0. The van der Waals surface area contributed by atoms with E-state index < -0.39 is 22.2 Å². The summed E-state index contributed by atoms with van der Waals surface area (Å²) in [6.45, 7) is 0.319. The molecule has 1 heterocycles. The fraction of sp³-hybridized carbons (Fsp3) is 0.636. The fourth-order valence-electron chi connectivity index (χ4n) is 2.53. The highest BCUT2D eigenvalue weighted by atomic mass is 35.5. The molecule has 1 N–H and O–H groups in total. The Morgan fingerprint density at radius 2 is 2.06 bits per heavy atom. The van der Waals surface area contributed by atoms with Crippen LogP contribution in [-0.2, 0) is 6.54 Å². The molecule has 2 saturated carbocycles.